The van der Waals surface area contributed by atoms with Crippen molar-refractivity contribution in [1.29, 1.82) is 0 Å². The summed E-state index contributed by atoms with van der Waals surface area (Å²) in [6, 6.07) is 0. The molecule has 0 aliphatic rings. The maximum absolute atomic E-state index is 8.34. The molecule has 0 saturated heterocycles. The largest absolute Gasteiger partial charge is 0.633 e. The van der Waals surface area contributed by atoms with Crippen LogP contribution in [-0.4, -0.2) is 98.3 Å². The van der Waals surface area contributed by atoms with E-state index in [0.717, 1.165) is 11.5 Å². The van der Waals surface area contributed by atoms with Gasteiger partial charge in [-0.1, -0.05) is 0 Å². The Morgan fingerprint density at radius 1 is 1.05 bits per heavy atom. The van der Waals surface area contributed by atoms with E-state index < -0.39 is 32.7 Å². The smallest absolute Gasteiger partial charge is 0.402 e. The van der Waals surface area contributed by atoms with Crippen molar-refractivity contribution in [2.45, 2.75) is 5.54 Å². The molecular formula is C9H24B2NO7S. The molecule has 0 amide bonds. The quantitative estimate of drug-likeness (QED) is 0.180. The number of methoxy groups -OCH3 is 1. The highest BCUT2D eigenvalue weighted by molar-refractivity contribution is 7.99. The third kappa shape index (κ3) is 18.2. The Labute approximate surface area is 126 Å². The van der Waals surface area contributed by atoms with Gasteiger partial charge in [-0.05, 0) is 0 Å². The lowest BCUT2D eigenvalue weighted by Crippen LogP contribution is -2.50. The minimum atomic E-state index is -1.64. The van der Waals surface area contributed by atoms with Crippen LogP contribution in [0.15, 0.2) is 0 Å². The van der Waals surface area contributed by atoms with Gasteiger partial charge in [0.2, 0.25) is 0 Å². The van der Waals surface area contributed by atoms with Gasteiger partial charge in [0.1, 0.15) is 0 Å². The summed E-state index contributed by atoms with van der Waals surface area (Å²) in [6.45, 7) is -0.140. The molecule has 0 aromatic carbocycles. The normalized spacial score (nSPS) is 10.3. The third-order valence-electron chi connectivity index (χ3n) is 1.87. The summed E-state index contributed by atoms with van der Waals surface area (Å²) < 4.78 is 9.28. The van der Waals surface area contributed by atoms with Crippen LogP contribution in [-0.2, 0) is 9.39 Å². The second kappa shape index (κ2) is 17.2. The molecule has 8 nitrogen and oxygen atoms in total. The molecule has 0 atom stereocenters. The van der Waals surface area contributed by atoms with Crippen molar-refractivity contribution in [1.82, 2.24) is 0 Å². The number of aliphatic hydroxyl groups excluding tert-OH is 3. The maximum atomic E-state index is 8.34. The van der Waals surface area contributed by atoms with Gasteiger partial charge in [0, 0.05) is 33.6 Å². The van der Waals surface area contributed by atoms with Crippen LogP contribution in [0, 0.1) is 0 Å². The number of thioether (sulfide) groups is 1. The molecule has 0 aliphatic heterocycles. The molecule has 0 aromatic heterocycles. The predicted octanol–water partition coefficient (Wildman–Crippen LogP) is -3.37. The molecule has 0 heterocycles. The van der Waals surface area contributed by atoms with E-state index in [-0.39, 0.29) is 8.41 Å². The van der Waals surface area contributed by atoms with Gasteiger partial charge >= 0.3 is 7.32 Å². The van der Waals surface area contributed by atoms with Gasteiger partial charge in [-0.2, -0.15) is 11.8 Å². The first-order valence-corrected chi connectivity index (χ1v) is 6.77. The Balaban J connectivity index is -0.000000288. The first-order chi connectivity index (χ1) is 8.95. The van der Waals surface area contributed by atoms with Crippen LogP contribution in [0.4, 0.5) is 0 Å². The van der Waals surface area contributed by atoms with Crippen molar-refractivity contribution in [3.05, 3.63) is 0 Å². The van der Waals surface area contributed by atoms with Crippen molar-refractivity contribution in [3.63, 3.8) is 0 Å². The second-order valence-corrected chi connectivity index (χ2v) is 4.86. The summed E-state index contributed by atoms with van der Waals surface area (Å²) in [4.78, 5) is 0. The van der Waals surface area contributed by atoms with E-state index >= 15 is 0 Å². The van der Waals surface area contributed by atoms with Gasteiger partial charge in [0.05, 0.1) is 32.0 Å². The van der Waals surface area contributed by atoms with Crippen molar-refractivity contribution >= 4 is 27.5 Å². The van der Waals surface area contributed by atoms with Gasteiger partial charge < -0.3 is 40.5 Å². The highest BCUT2D eigenvalue weighted by atomic mass is 32.2. The fraction of sp³-hybridized carbons (Fsp3) is 1.00. The van der Waals surface area contributed by atoms with Gasteiger partial charge in [-0.3, -0.25) is 0 Å². The topological polar surface area (TPSA) is 146 Å². The summed E-state index contributed by atoms with van der Waals surface area (Å²) in [5.41, 5.74) is 3.94. The molecule has 0 rings (SSSR count). The lowest BCUT2D eigenvalue weighted by Gasteiger charge is -2.20. The predicted molar refractivity (Wildman–Crippen MR) is 79.3 cm³/mol. The van der Waals surface area contributed by atoms with Gasteiger partial charge in [0.15, 0.2) is 0 Å². The average molecular weight is 312 g/mol. The monoisotopic (exact) mass is 312 g/mol. The first-order valence-electron chi connectivity index (χ1n) is 5.61. The molecule has 7 N–H and O–H groups in total. The van der Waals surface area contributed by atoms with E-state index in [1.54, 1.807) is 18.9 Å². The van der Waals surface area contributed by atoms with E-state index in [1.807, 2.05) is 0 Å². The van der Waals surface area contributed by atoms with E-state index in [0.29, 0.717) is 13.2 Å². The number of nitrogens with two attached hydrogens (primary N) is 1. The Bertz CT molecular complexity index is 181. The number of hydrogen-bond acceptors (Lipinski definition) is 9. The van der Waals surface area contributed by atoms with Crippen molar-refractivity contribution < 1.29 is 34.8 Å². The van der Waals surface area contributed by atoms with Crippen LogP contribution in [0.3, 0.4) is 0 Å². The second-order valence-electron chi connectivity index (χ2n) is 3.64. The summed E-state index contributed by atoms with van der Waals surface area (Å²) in [6.07, 6.45) is 0. The van der Waals surface area contributed by atoms with Gasteiger partial charge in [-0.25, -0.2) is 0 Å². The Morgan fingerprint density at radius 3 is 1.80 bits per heavy atom. The molecule has 0 fully saturated rings. The van der Waals surface area contributed by atoms with Crippen LogP contribution < -0.4 is 5.73 Å². The van der Waals surface area contributed by atoms with Crippen LogP contribution in [0.2, 0.25) is 0 Å². The molecule has 0 aliphatic carbocycles. The van der Waals surface area contributed by atoms with Gasteiger partial charge in [-0.15, -0.1) is 0 Å². The minimum Gasteiger partial charge on any atom is -0.402 e. The number of aliphatic hydroxyl groups is 3. The minimum absolute atomic E-state index is 0. The molecule has 119 valence electrons. The van der Waals surface area contributed by atoms with E-state index in [9.17, 15) is 0 Å². The SMILES string of the molecule is COCCSCCOB(O)O.NC(CO)(CO)CO.[B]. The molecule has 0 bridgehead atoms. The average Bonchev–Trinajstić information content (AvgIpc) is 2.42. The molecule has 0 unspecified atom stereocenters. The molecular weight excluding hydrogens is 288 g/mol. The van der Waals surface area contributed by atoms with E-state index in [1.165, 1.54) is 0 Å². The standard InChI is InChI=1S/C5H13BO4S.C4H11NO3.B/c1-9-2-4-11-5-3-10-6(7)8;5-4(1-6,2-7)3-8;/h7-8H,2-5H2,1H3;6-8H,1-3,5H2;. The van der Waals surface area contributed by atoms with Crippen LogP contribution in [0.5, 0.6) is 0 Å². The zero-order valence-electron chi connectivity index (χ0n) is 11.6. The van der Waals surface area contributed by atoms with Gasteiger partial charge in [0.25, 0.3) is 0 Å². The summed E-state index contributed by atoms with van der Waals surface area (Å²) in [5, 5.41) is 41.5. The fourth-order valence-corrected chi connectivity index (χ4v) is 1.31. The van der Waals surface area contributed by atoms with E-state index in [4.69, 9.17) is 35.8 Å². The molecule has 3 radical (unpaired) electrons. The summed E-state index contributed by atoms with van der Waals surface area (Å²) in [7, 11) is 0.00664. The number of hydrogen-bond donors (Lipinski definition) is 6. The molecule has 0 spiro atoms. The Kier molecular flexibility index (Phi) is 21.6. The lowest BCUT2D eigenvalue weighted by molar-refractivity contribution is 0.0697. The lowest BCUT2D eigenvalue weighted by atomic mass is 10.1. The third-order valence-corrected chi connectivity index (χ3v) is 2.78. The zero-order valence-corrected chi connectivity index (χ0v) is 12.5. The van der Waals surface area contributed by atoms with Crippen molar-refractivity contribution in [2.75, 3.05) is 51.6 Å². The van der Waals surface area contributed by atoms with Crippen LogP contribution in [0.1, 0.15) is 0 Å². The Hall–Kier alpha value is 0.160. The fourth-order valence-electron chi connectivity index (χ4n) is 0.607. The summed E-state index contributed by atoms with van der Waals surface area (Å²) in [5.74, 6) is 1.66. The van der Waals surface area contributed by atoms with Crippen molar-refractivity contribution in [2.24, 2.45) is 5.73 Å². The van der Waals surface area contributed by atoms with Crippen LogP contribution in [0.25, 0.3) is 0 Å². The molecule has 11 heteroatoms. The van der Waals surface area contributed by atoms with Crippen molar-refractivity contribution in [3.8, 4) is 0 Å². The summed E-state index contributed by atoms with van der Waals surface area (Å²) >= 11 is 1.65. The highest BCUT2D eigenvalue weighted by Gasteiger charge is 2.20. The molecule has 20 heavy (non-hydrogen) atoms. The Morgan fingerprint density at radius 2 is 1.50 bits per heavy atom. The first kappa shape index (κ1) is 25.1. The van der Waals surface area contributed by atoms with E-state index in [2.05, 4.69) is 4.65 Å². The highest BCUT2D eigenvalue weighted by Crippen LogP contribution is 1.98. The molecule has 0 saturated carbocycles. The maximum Gasteiger partial charge on any atom is 0.633 e. The molecule has 0 aromatic rings. The zero-order chi connectivity index (χ0) is 15.1. The van der Waals surface area contributed by atoms with Crippen LogP contribution >= 0.6 is 11.8 Å². The number of ether oxygens (including phenoxy) is 1. The number of rotatable bonds is 10.